The minimum Gasteiger partial charge on any atom is -0.324 e. The zero-order valence-electron chi connectivity index (χ0n) is 19.9. The Balaban J connectivity index is 1.59. The molecular weight excluding hydrogens is 564 g/mol. The van der Waals surface area contributed by atoms with E-state index >= 15 is 0 Å². The highest BCUT2D eigenvalue weighted by atomic mass is 35.5. The van der Waals surface area contributed by atoms with Gasteiger partial charge in [0.05, 0.1) is 46.2 Å². The zero-order chi connectivity index (χ0) is 27.8. The highest BCUT2D eigenvalue weighted by molar-refractivity contribution is 6.34. The molecule has 0 aliphatic rings. The van der Waals surface area contributed by atoms with Crippen molar-refractivity contribution in [2.24, 2.45) is 7.05 Å². The van der Waals surface area contributed by atoms with Gasteiger partial charge in [0, 0.05) is 18.6 Å². The van der Waals surface area contributed by atoms with Crippen LogP contribution in [0.2, 0.25) is 10.0 Å². The van der Waals surface area contributed by atoms with Crippen LogP contribution in [0.15, 0.2) is 46.5 Å². The molecule has 4 aromatic heterocycles. The second-order valence-electron chi connectivity index (χ2n) is 8.36. The number of fused-ring (bicyclic) bond motifs is 1. The van der Waals surface area contributed by atoms with E-state index < -0.39 is 30.2 Å². The summed E-state index contributed by atoms with van der Waals surface area (Å²) >= 11 is 12.3. The molecule has 0 bridgehead atoms. The third-order valence-electron chi connectivity index (χ3n) is 5.49. The van der Waals surface area contributed by atoms with E-state index in [0.717, 1.165) is 20.0 Å². The first-order valence-electron chi connectivity index (χ1n) is 11.2. The summed E-state index contributed by atoms with van der Waals surface area (Å²) in [7, 11) is 1.63. The highest BCUT2D eigenvalue weighted by Gasteiger charge is 2.18. The Morgan fingerprint density at radius 1 is 1.03 bits per heavy atom. The summed E-state index contributed by atoms with van der Waals surface area (Å²) < 4.78 is 43.7. The van der Waals surface area contributed by atoms with Gasteiger partial charge in [-0.1, -0.05) is 23.2 Å². The monoisotopic (exact) mass is 580 g/mol. The lowest BCUT2D eigenvalue weighted by Crippen LogP contribution is -2.43. The molecule has 0 aliphatic heterocycles. The maximum Gasteiger partial charge on any atom is 0.355 e. The number of halogens is 5. The van der Waals surface area contributed by atoms with E-state index in [1.165, 1.54) is 35.4 Å². The summed E-state index contributed by atoms with van der Waals surface area (Å²) in [6.07, 6.45) is 1.12. The molecule has 0 atom stereocenters. The lowest BCUT2D eigenvalue weighted by molar-refractivity contribution is 0.122. The van der Waals surface area contributed by atoms with Gasteiger partial charge >= 0.3 is 11.4 Å². The Bertz CT molecular complexity index is 1810. The minimum absolute atomic E-state index is 0.121. The van der Waals surface area contributed by atoms with E-state index in [2.05, 4.69) is 30.5 Å². The molecule has 0 saturated carbocycles. The summed E-state index contributed by atoms with van der Waals surface area (Å²) in [5.74, 6) is -0.760. The molecule has 5 aromatic rings. The van der Waals surface area contributed by atoms with E-state index in [0.29, 0.717) is 10.9 Å². The van der Waals surface area contributed by atoms with Crippen LogP contribution in [0.1, 0.15) is 11.5 Å². The lowest BCUT2D eigenvalue weighted by Gasteiger charge is -2.16. The van der Waals surface area contributed by atoms with Crippen LogP contribution in [0.4, 0.5) is 24.8 Å². The predicted molar refractivity (Wildman–Crippen MR) is 135 cm³/mol. The standard InChI is InChI=1S/C22H17Cl2F3N10O2/c1-34-10-29-19(33-34)9-37-21(38)31-20(36(22(37)39)7-12-3-13(23)15(25)5-28-12)30-17-2-11-6-35(8-18(26)27)32-16(11)4-14(17)24/h2-6,10,18H,7-9H2,1H3,(H,30,31,38). The molecular formula is C22H17Cl2F3N10O2. The van der Waals surface area contributed by atoms with Crippen molar-refractivity contribution in [2.75, 3.05) is 5.32 Å². The van der Waals surface area contributed by atoms with Gasteiger partial charge in [-0.15, -0.1) is 0 Å². The summed E-state index contributed by atoms with van der Waals surface area (Å²) in [5.41, 5.74) is -0.924. The molecule has 0 amide bonds. The van der Waals surface area contributed by atoms with Crippen LogP contribution in [0.5, 0.6) is 0 Å². The zero-order valence-corrected chi connectivity index (χ0v) is 21.4. The van der Waals surface area contributed by atoms with E-state index in [1.54, 1.807) is 7.05 Å². The summed E-state index contributed by atoms with van der Waals surface area (Å²) in [6, 6.07) is 4.19. The summed E-state index contributed by atoms with van der Waals surface area (Å²) in [6.45, 7) is -1.12. The molecule has 0 fully saturated rings. The predicted octanol–water partition coefficient (Wildman–Crippen LogP) is 2.83. The normalized spacial score (nSPS) is 11.6. The molecule has 202 valence electrons. The fourth-order valence-corrected chi connectivity index (χ4v) is 4.13. The third-order valence-corrected chi connectivity index (χ3v) is 6.10. The van der Waals surface area contributed by atoms with Gasteiger partial charge < -0.3 is 5.32 Å². The quantitative estimate of drug-likeness (QED) is 0.296. The van der Waals surface area contributed by atoms with Gasteiger partial charge in [-0.2, -0.15) is 15.2 Å². The number of aryl methyl sites for hydroxylation is 1. The molecule has 0 unspecified atom stereocenters. The average Bonchev–Trinajstić information content (AvgIpc) is 3.45. The van der Waals surface area contributed by atoms with E-state index in [4.69, 9.17) is 23.2 Å². The maximum absolute atomic E-state index is 13.7. The third kappa shape index (κ3) is 5.63. The fraction of sp³-hybridized carbons (Fsp3) is 0.227. The Morgan fingerprint density at radius 2 is 1.82 bits per heavy atom. The van der Waals surface area contributed by atoms with Gasteiger partial charge in [0.25, 0.3) is 6.43 Å². The smallest absolute Gasteiger partial charge is 0.324 e. The van der Waals surface area contributed by atoms with Crippen LogP contribution in [0.25, 0.3) is 10.9 Å². The summed E-state index contributed by atoms with van der Waals surface area (Å²) in [5, 5.41) is 11.4. The maximum atomic E-state index is 13.7. The van der Waals surface area contributed by atoms with Crippen LogP contribution in [-0.4, -0.2) is 50.1 Å². The van der Waals surface area contributed by atoms with E-state index in [-0.39, 0.29) is 46.3 Å². The van der Waals surface area contributed by atoms with Crippen molar-refractivity contribution in [1.82, 2.24) is 43.6 Å². The number of hydrogen-bond donors (Lipinski definition) is 1. The van der Waals surface area contributed by atoms with Gasteiger partial charge in [-0.3, -0.25) is 18.9 Å². The first-order valence-corrected chi connectivity index (χ1v) is 11.9. The number of anilines is 2. The first-order chi connectivity index (χ1) is 18.6. The van der Waals surface area contributed by atoms with Crippen molar-refractivity contribution in [2.45, 2.75) is 26.1 Å². The minimum atomic E-state index is -2.60. The molecule has 39 heavy (non-hydrogen) atoms. The SMILES string of the molecule is Cn1cnc(Cn2c(=O)nc(Nc3cc4cn(CC(F)F)nc4cc3Cl)n(Cc3cc(Cl)c(F)cn3)c2=O)n1. The van der Waals surface area contributed by atoms with Crippen molar-refractivity contribution in [1.29, 1.82) is 0 Å². The van der Waals surface area contributed by atoms with Gasteiger partial charge in [-0.25, -0.2) is 32.3 Å². The lowest BCUT2D eigenvalue weighted by atomic mass is 10.2. The molecule has 1 aromatic carbocycles. The van der Waals surface area contributed by atoms with Gasteiger partial charge in [0.1, 0.15) is 12.9 Å². The molecule has 0 radical (unpaired) electrons. The number of hydrogen-bond acceptors (Lipinski definition) is 8. The van der Waals surface area contributed by atoms with Crippen molar-refractivity contribution in [3.8, 4) is 0 Å². The van der Waals surface area contributed by atoms with Crippen LogP contribution >= 0.6 is 23.2 Å². The number of aromatic nitrogens is 9. The molecule has 0 saturated heterocycles. The van der Waals surface area contributed by atoms with Gasteiger partial charge in [0.2, 0.25) is 5.95 Å². The number of alkyl halides is 2. The topological polar surface area (TPSA) is 130 Å². The van der Waals surface area contributed by atoms with Crippen LogP contribution in [0.3, 0.4) is 0 Å². The van der Waals surface area contributed by atoms with Crippen molar-refractivity contribution >= 4 is 45.7 Å². The molecule has 17 heteroatoms. The second kappa shape index (κ2) is 10.5. The van der Waals surface area contributed by atoms with Crippen molar-refractivity contribution < 1.29 is 13.2 Å². The molecule has 4 heterocycles. The molecule has 12 nitrogen and oxygen atoms in total. The van der Waals surface area contributed by atoms with Crippen LogP contribution < -0.4 is 16.7 Å². The molecule has 1 N–H and O–H groups in total. The number of benzene rings is 1. The Morgan fingerprint density at radius 3 is 2.51 bits per heavy atom. The van der Waals surface area contributed by atoms with E-state index in [9.17, 15) is 22.8 Å². The number of pyridine rings is 1. The highest BCUT2D eigenvalue weighted by Crippen LogP contribution is 2.29. The number of rotatable bonds is 8. The fourth-order valence-electron chi connectivity index (χ4n) is 3.75. The van der Waals surface area contributed by atoms with Gasteiger partial charge in [0.15, 0.2) is 11.6 Å². The van der Waals surface area contributed by atoms with Crippen molar-refractivity contribution in [3.05, 3.63) is 85.3 Å². The summed E-state index contributed by atoms with van der Waals surface area (Å²) in [4.78, 5) is 38.4. The average molecular weight is 581 g/mol. The van der Waals surface area contributed by atoms with Crippen LogP contribution in [-0.2, 0) is 26.7 Å². The molecule has 5 rings (SSSR count). The molecule has 0 aliphatic carbocycles. The Kier molecular flexibility index (Phi) is 7.10. The number of nitrogens with zero attached hydrogens (tertiary/aromatic N) is 9. The Hall–Kier alpha value is -4.24. The number of nitrogens with one attached hydrogen (secondary N) is 1. The Labute approximate surface area is 226 Å². The first kappa shape index (κ1) is 26.4. The molecule has 0 spiro atoms. The van der Waals surface area contributed by atoms with Crippen molar-refractivity contribution in [3.63, 3.8) is 0 Å². The van der Waals surface area contributed by atoms with Gasteiger partial charge in [-0.05, 0) is 18.2 Å². The van der Waals surface area contributed by atoms with E-state index in [1.807, 2.05) is 0 Å². The largest absolute Gasteiger partial charge is 0.355 e. The van der Waals surface area contributed by atoms with Crippen LogP contribution in [0, 0.1) is 5.82 Å². The second-order valence-corrected chi connectivity index (χ2v) is 9.17.